The predicted octanol–water partition coefficient (Wildman–Crippen LogP) is 2.62. The Morgan fingerprint density at radius 2 is 1.88 bits per heavy atom. The number of anilines is 1. The van der Waals surface area contributed by atoms with Crippen molar-refractivity contribution in [3.8, 4) is 11.4 Å². The lowest BCUT2D eigenvalue weighted by Gasteiger charge is -2.10. The minimum atomic E-state index is -0.144. The predicted molar refractivity (Wildman–Crippen MR) is 62.8 cm³/mol. The minimum absolute atomic E-state index is 0.144. The quantitative estimate of drug-likeness (QED) is 0.746. The summed E-state index contributed by atoms with van der Waals surface area (Å²) in [5, 5.41) is 3.95. The zero-order chi connectivity index (χ0) is 11.8. The Bertz CT molecular complexity index is 497. The lowest BCUT2D eigenvalue weighted by molar-refractivity contribution is 0.321. The number of nitrogens with two attached hydrogens (primary N) is 1. The van der Waals surface area contributed by atoms with E-state index < -0.39 is 0 Å². The largest absolute Gasteiger partial charge is 0.398 e. The maximum Gasteiger partial charge on any atom is 0.232 e. The number of aromatic nitrogens is 2. The first-order chi connectivity index (χ1) is 7.48. The molecule has 16 heavy (non-hydrogen) atoms. The molecule has 0 saturated heterocycles. The van der Waals surface area contributed by atoms with E-state index in [1.54, 1.807) is 0 Å². The van der Waals surface area contributed by atoms with E-state index in [1.165, 1.54) is 0 Å². The maximum atomic E-state index is 5.85. The van der Waals surface area contributed by atoms with Crippen molar-refractivity contribution < 1.29 is 4.52 Å². The van der Waals surface area contributed by atoms with Crippen LogP contribution in [0.3, 0.4) is 0 Å². The zero-order valence-corrected chi connectivity index (χ0v) is 9.69. The summed E-state index contributed by atoms with van der Waals surface area (Å²) < 4.78 is 5.22. The molecule has 0 spiro atoms. The van der Waals surface area contributed by atoms with Crippen LogP contribution in [0, 0.1) is 0 Å². The monoisotopic (exact) mass is 217 g/mol. The topological polar surface area (TPSA) is 64.9 Å². The van der Waals surface area contributed by atoms with Crippen LogP contribution in [0.25, 0.3) is 11.4 Å². The smallest absolute Gasteiger partial charge is 0.232 e. The number of benzene rings is 1. The fourth-order valence-corrected chi connectivity index (χ4v) is 1.34. The number of hydrogen-bond donors (Lipinski definition) is 1. The zero-order valence-electron chi connectivity index (χ0n) is 9.69. The molecule has 4 heteroatoms. The molecule has 0 amide bonds. The van der Waals surface area contributed by atoms with Crippen molar-refractivity contribution in [2.75, 3.05) is 5.73 Å². The molecule has 0 unspecified atom stereocenters. The molecule has 0 saturated carbocycles. The SMILES string of the molecule is CC(C)(C)c1nc(-c2ccccc2N)no1. The van der Waals surface area contributed by atoms with Crippen LogP contribution in [0.15, 0.2) is 28.8 Å². The normalized spacial score (nSPS) is 11.7. The third kappa shape index (κ3) is 1.91. The van der Waals surface area contributed by atoms with Gasteiger partial charge < -0.3 is 10.3 Å². The van der Waals surface area contributed by atoms with E-state index in [-0.39, 0.29) is 5.41 Å². The standard InChI is InChI=1S/C12H15N3O/c1-12(2,3)11-14-10(15-16-11)8-6-4-5-7-9(8)13/h4-7H,13H2,1-3H3. The number of para-hydroxylation sites is 1. The van der Waals surface area contributed by atoms with Gasteiger partial charge in [0.2, 0.25) is 11.7 Å². The van der Waals surface area contributed by atoms with Crippen LogP contribution in [-0.2, 0) is 5.41 Å². The molecular formula is C12H15N3O. The molecule has 2 N–H and O–H groups in total. The summed E-state index contributed by atoms with van der Waals surface area (Å²) in [6.45, 7) is 6.08. The third-order valence-corrected chi connectivity index (χ3v) is 2.27. The second-order valence-electron chi connectivity index (χ2n) is 4.76. The van der Waals surface area contributed by atoms with Crippen LogP contribution in [-0.4, -0.2) is 10.1 Å². The molecule has 0 fully saturated rings. The first-order valence-corrected chi connectivity index (χ1v) is 5.17. The van der Waals surface area contributed by atoms with Gasteiger partial charge in [0.25, 0.3) is 0 Å². The van der Waals surface area contributed by atoms with Crippen molar-refractivity contribution in [1.29, 1.82) is 0 Å². The van der Waals surface area contributed by atoms with E-state index in [2.05, 4.69) is 10.1 Å². The number of nitrogens with zero attached hydrogens (tertiary/aromatic N) is 2. The van der Waals surface area contributed by atoms with E-state index in [0.29, 0.717) is 17.4 Å². The Morgan fingerprint density at radius 3 is 2.44 bits per heavy atom. The van der Waals surface area contributed by atoms with Crippen molar-refractivity contribution in [2.45, 2.75) is 26.2 Å². The molecule has 2 rings (SSSR count). The highest BCUT2D eigenvalue weighted by Gasteiger charge is 2.22. The lowest BCUT2D eigenvalue weighted by atomic mass is 9.97. The van der Waals surface area contributed by atoms with Gasteiger partial charge in [-0.3, -0.25) is 0 Å². The van der Waals surface area contributed by atoms with Gasteiger partial charge in [-0.05, 0) is 12.1 Å². The summed E-state index contributed by atoms with van der Waals surface area (Å²) in [5.74, 6) is 1.16. The second-order valence-corrected chi connectivity index (χ2v) is 4.76. The van der Waals surface area contributed by atoms with Crippen molar-refractivity contribution in [3.63, 3.8) is 0 Å². The van der Waals surface area contributed by atoms with E-state index in [0.717, 1.165) is 5.56 Å². The van der Waals surface area contributed by atoms with Crippen molar-refractivity contribution in [2.24, 2.45) is 0 Å². The molecule has 1 aromatic carbocycles. The van der Waals surface area contributed by atoms with Crippen LogP contribution in [0.4, 0.5) is 5.69 Å². The highest BCUT2D eigenvalue weighted by molar-refractivity contribution is 5.70. The molecule has 1 heterocycles. The minimum Gasteiger partial charge on any atom is -0.398 e. The average molecular weight is 217 g/mol. The molecule has 0 aliphatic carbocycles. The van der Waals surface area contributed by atoms with Gasteiger partial charge in [-0.25, -0.2) is 0 Å². The molecule has 0 atom stereocenters. The molecule has 0 radical (unpaired) electrons. The van der Waals surface area contributed by atoms with Gasteiger partial charge in [-0.1, -0.05) is 38.1 Å². The van der Waals surface area contributed by atoms with Crippen LogP contribution in [0.5, 0.6) is 0 Å². The molecular weight excluding hydrogens is 202 g/mol. The summed E-state index contributed by atoms with van der Waals surface area (Å²) in [6.07, 6.45) is 0. The van der Waals surface area contributed by atoms with Gasteiger partial charge >= 0.3 is 0 Å². The molecule has 0 aliphatic rings. The Hall–Kier alpha value is -1.84. The van der Waals surface area contributed by atoms with Gasteiger partial charge in [0.05, 0.1) is 0 Å². The van der Waals surface area contributed by atoms with Crippen molar-refractivity contribution in [3.05, 3.63) is 30.2 Å². The summed E-state index contributed by atoms with van der Waals surface area (Å²) in [6, 6.07) is 7.48. The molecule has 84 valence electrons. The Kier molecular flexibility index (Phi) is 2.42. The van der Waals surface area contributed by atoms with Crippen LogP contribution < -0.4 is 5.73 Å². The van der Waals surface area contributed by atoms with Crippen molar-refractivity contribution in [1.82, 2.24) is 10.1 Å². The van der Waals surface area contributed by atoms with Crippen LogP contribution in [0.2, 0.25) is 0 Å². The average Bonchev–Trinajstić information content (AvgIpc) is 2.66. The Morgan fingerprint density at radius 1 is 1.19 bits per heavy atom. The third-order valence-electron chi connectivity index (χ3n) is 2.27. The maximum absolute atomic E-state index is 5.85. The lowest BCUT2D eigenvalue weighted by Crippen LogP contribution is -2.11. The summed E-state index contributed by atoms with van der Waals surface area (Å²) in [5.41, 5.74) is 7.17. The molecule has 1 aromatic heterocycles. The van der Waals surface area contributed by atoms with Gasteiger partial charge in [0.15, 0.2) is 0 Å². The first kappa shape index (κ1) is 10.7. The molecule has 0 bridgehead atoms. The molecule has 0 aliphatic heterocycles. The fourth-order valence-electron chi connectivity index (χ4n) is 1.34. The van der Waals surface area contributed by atoms with E-state index >= 15 is 0 Å². The second kappa shape index (κ2) is 3.63. The van der Waals surface area contributed by atoms with E-state index in [4.69, 9.17) is 10.3 Å². The fraction of sp³-hybridized carbons (Fsp3) is 0.333. The van der Waals surface area contributed by atoms with Gasteiger partial charge in [-0.15, -0.1) is 0 Å². The summed E-state index contributed by atoms with van der Waals surface area (Å²) in [7, 11) is 0. The first-order valence-electron chi connectivity index (χ1n) is 5.17. The highest BCUT2D eigenvalue weighted by atomic mass is 16.5. The Labute approximate surface area is 94.5 Å². The van der Waals surface area contributed by atoms with Gasteiger partial charge in [0.1, 0.15) is 0 Å². The number of hydrogen-bond acceptors (Lipinski definition) is 4. The molecule has 4 nitrogen and oxygen atoms in total. The number of nitrogen functional groups attached to an aromatic ring is 1. The highest BCUT2D eigenvalue weighted by Crippen LogP contribution is 2.26. The van der Waals surface area contributed by atoms with Crippen molar-refractivity contribution >= 4 is 5.69 Å². The number of rotatable bonds is 1. The van der Waals surface area contributed by atoms with Gasteiger partial charge in [-0.2, -0.15) is 4.98 Å². The van der Waals surface area contributed by atoms with E-state index in [1.807, 2.05) is 45.0 Å². The summed E-state index contributed by atoms with van der Waals surface area (Å²) >= 11 is 0. The Balaban J connectivity index is 2.44. The van der Waals surface area contributed by atoms with Crippen LogP contribution >= 0.6 is 0 Å². The van der Waals surface area contributed by atoms with E-state index in [9.17, 15) is 0 Å². The molecule has 2 aromatic rings. The van der Waals surface area contributed by atoms with Crippen LogP contribution in [0.1, 0.15) is 26.7 Å². The van der Waals surface area contributed by atoms with Gasteiger partial charge in [0, 0.05) is 16.7 Å². The summed E-state index contributed by atoms with van der Waals surface area (Å²) in [4.78, 5) is 4.35.